The molecule has 2 N–H and O–H groups in total. The van der Waals surface area contributed by atoms with Gasteiger partial charge in [0.05, 0.1) is 5.56 Å². The van der Waals surface area contributed by atoms with Crippen LogP contribution in [0.1, 0.15) is 16.8 Å². The van der Waals surface area contributed by atoms with Crippen molar-refractivity contribution in [1.82, 2.24) is 5.32 Å². The van der Waals surface area contributed by atoms with E-state index in [2.05, 4.69) is 4.74 Å². The Labute approximate surface area is 116 Å². The molecule has 0 saturated heterocycles. The Bertz CT molecular complexity index is 565. The zero-order chi connectivity index (χ0) is 16.2. The molecule has 5 nitrogen and oxygen atoms in total. The second kappa shape index (κ2) is 7.02. The van der Waals surface area contributed by atoms with E-state index in [1.54, 1.807) is 0 Å². The molecule has 21 heavy (non-hydrogen) atoms. The van der Waals surface area contributed by atoms with E-state index in [9.17, 15) is 27.2 Å². The van der Waals surface area contributed by atoms with Gasteiger partial charge in [-0.15, -0.1) is 0 Å². The van der Waals surface area contributed by atoms with Gasteiger partial charge in [-0.25, -0.2) is 22.4 Å². The van der Waals surface area contributed by atoms with Crippen molar-refractivity contribution in [1.29, 1.82) is 0 Å². The fourth-order valence-corrected chi connectivity index (χ4v) is 1.47. The molecule has 1 aromatic carbocycles. The standard InChI is InChI=1S/C12H11F4NO4/c1-21-3-2-7(12(19)20)17-11(18)5-4-6(13)9(15)10(16)8(5)14/h4,7H,2-3H2,1H3,(H,17,18)(H,19,20). The number of benzene rings is 1. The SMILES string of the molecule is COCCC(NC(=O)c1cc(F)c(F)c(F)c1F)C(=O)O. The third-order valence-corrected chi connectivity index (χ3v) is 2.56. The lowest BCUT2D eigenvalue weighted by molar-refractivity contribution is -0.139. The summed E-state index contributed by atoms with van der Waals surface area (Å²) in [6, 6.07) is -1.30. The van der Waals surface area contributed by atoms with Crippen LogP contribution in [-0.4, -0.2) is 36.7 Å². The number of hydrogen-bond acceptors (Lipinski definition) is 3. The molecule has 1 atom stereocenters. The van der Waals surface area contributed by atoms with E-state index in [4.69, 9.17) is 5.11 Å². The van der Waals surface area contributed by atoms with E-state index < -0.39 is 46.8 Å². The van der Waals surface area contributed by atoms with Gasteiger partial charge in [0.15, 0.2) is 23.3 Å². The lowest BCUT2D eigenvalue weighted by Gasteiger charge is -2.14. The van der Waals surface area contributed by atoms with Gasteiger partial charge in [0, 0.05) is 20.1 Å². The third-order valence-electron chi connectivity index (χ3n) is 2.56. The molecule has 0 bridgehead atoms. The molecule has 1 unspecified atom stereocenters. The van der Waals surface area contributed by atoms with Crippen LogP contribution in [0.25, 0.3) is 0 Å². The minimum absolute atomic E-state index is 0.0220. The number of rotatable bonds is 6. The Morgan fingerprint density at radius 3 is 2.38 bits per heavy atom. The summed E-state index contributed by atoms with van der Waals surface area (Å²) in [6.07, 6.45) is -0.147. The number of carboxylic acids is 1. The Morgan fingerprint density at radius 2 is 1.86 bits per heavy atom. The molecule has 0 saturated carbocycles. The second-order valence-corrected chi connectivity index (χ2v) is 3.99. The number of carbonyl (C=O) groups is 2. The summed E-state index contributed by atoms with van der Waals surface area (Å²) in [7, 11) is 1.30. The second-order valence-electron chi connectivity index (χ2n) is 3.99. The van der Waals surface area contributed by atoms with Crippen molar-refractivity contribution in [3.63, 3.8) is 0 Å². The number of aliphatic carboxylic acids is 1. The predicted molar refractivity (Wildman–Crippen MR) is 61.7 cm³/mol. The highest BCUT2D eigenvalue weighted by atomic mass is 19.2. The van der Waals surface area contributed by atoms with Crippen LogP contribution in [0, 0.1) is 23.3 Å². The molecule has 0 aliphatic rings. The van der Waals surface area contributed by atoms with Crippen molar-refractivity contribution in [2.24, 2.45) is 0 Å². The van der Waals surface area contributed by atoms with Gasteiger partial charge in [0.25, 0.3) is 5.91 Å². The molecule has 116 valence electrons. The fraction of sp³-hybridized carbons (Fsp3) is 0.333. The molecule has 0 fully saturated rings. The van der Waals surface area contributed by atoms with Crippen LogP contribution in [-0.2, 0) is 9.53 Å². The van der Waals surface area contributed by atoms with Gasteiger partial charge in [0.2, 0.25) is 0 Å². The van der Waals surface area contributed by atoms with Crippen LogP contribution in [0.15, 0.2) is 6.07 Å². The summed E-state index contributed by atoms with van der Waals surface area (Å²) < 4.78 is 56.8. The van der Waals surface area contributed by atoms with Gasteiger partial charge in [-0.2, -0.15) is 0 Å². The van der Waals surface area contributed by atoms with Crippen LogP contribution in [0.4, 0.5) is 17.6 Å². The van der Waals surface area contributed by atoms with Crippen molar-refractivity contribution in [2.45, 2.75) is 12.5 Å². The van der Waals surface area contributed by atoms with Crippen LogP contribution in [0.2, 0.25) is 0 Å². The predicted octanol–water partition coefficient (Wildman–Crippen LogP) is 1.46. The van der Waals surface area contributed by atoms with Crippen molar-refractivity contribution in [3.8, 4) is 0 Å². The minimum Gasteiger partial charge on any atom is -0.480 e. The molecule has 9 heteroatoms. The molecule has 1 aromatic rings. The monoisotopic (exact) mass is 309 g/mol. The van der Waals surface area contributed by atoms with E-state index in [1.807, 2.05) is 5.32 Å². The van der Waals surface area contributed by atoms with Crippen LogP contribution in [0.3, 0.4) is 0 Å². The Hall–Kier alpha value is -2.16. The average Bonchev–Trinajstić information content (AvgIpc) is 2.44. The molecule has 0 radical (unpaired) electrons. The highest BCUT2D eigenvalue weighted by Gasteiger charge is 2.26. The first-order valence-electron chi connectivity index (χ1n) is 5.65. The third kappa shape index (κ3) is 3.91. The van der Waals surface area contributed by atoms with E-state index in [0.29, 0.717) is 0 Å². The van der Waals surface area contributed by atoms with Crippen molar-refractivity contribution in [3.05, 3.63) is 34.9 Å². The molecule has 0 aliphatic carbocycles. The normalized spacial score (nSPS) is 12.0. The fourth-order valence-electron chi connectivity index (χ4n) is 1.47. The molecule has 0 heterocycles. The largest absolute Gasteiger partial charge is 0.480 e. The van der Waals surface area contributed by atoms with Gasteiger partial charge in [-0.3, -0.25) is 4.79 Å². The molecule has 1 rings (SSSR count). The van der Waals surface area contributed by atoms with Crippen LogP contribution >= 0.6 is 0 Å². The highest BCUT2D eigenvalue weighted by Crippen LogP contribution is 2.18. The quantitative estimate of drug-likeness (QED) is 0.474. The number of nitrogens with one attached hydrogen (secondary N) is 1. The maximum atomic E-state index is 13.4. The number of carboxylic acid groups (broad SMARTS) is 1. The van der Waals surface area contributed by atoms with Gasteiger partial charge in [-0.05, 0) is 6.07 Å². The molecule has 0 spiro atoms. The van der Waals surface area contributed by atoms with E-state index in [-0.39, 0.29) is 19.1 Å². The Balaban J connectivity index is 3.00. The van der Waals surface area contributed by atoms with Crippen molar-refractivity contribution in [2.75, 3.05) is 13.7 Å². The van der Waals surface area contributed by atoms with Crippen molar-refractivity contribution < 1.29 is 37.0 Å². The van der Waals surface area contributed by atoms with Crippen LogP contribution in [0.5, 0.6) is 0 Å². The summed E-state index contributed by atoms with van der Waals surface area (Å²) in [5.74, 6) is -10.7. The van der Waals surface area contributed by atoms with Gasteiger partial charge < -0.3 is 15.2 Å². The number of methoxy groups -OCH3 is 1. The minimum atomic E-state index is -2.15. The molecular weight excluding hydrogens is 298 g/mol. The molecule has 1 amide bonds. The van der Waals surface area contributed by atoms with Gasteiger partial charge in [-0.1, -0.05) is 0 Å². The number of ether oxygens (including phenoxy) is 1. The number of amides is 1. The number of hydrogen-bond donors (Lipinski definition) is 2. The Kier molecular flexibility index (Phi) is 5.65. The van der Waals surface area contributed by atoms with E-state index in [1.165, 1.54) is 7.11 Å². The summed E-state index contributed by atoms with van der Waals surface area (Å²) in [5, 5.41) is 10.7. The number of halogens is 4. The lowest BCUT2D eigenvalue weighted by Crippen LogP contribution is -2.42. The summed E-state index contributed by atoms with van der Waals surface area (Å²) in [6.45, 7) is -0.0220. The van der Waals surface area contributed by atoms with Gasteiger partial charge >= 0.3 is 5.97 Å². The van der Waals surface area contributed by atoms with Gasteiger partial charge in [0.1, 0.15) is 6.04 Å². The molecule has 0 aromatic heterocycles. The first-order valence-corrected chi connectivity index (χ1v) is 5.65. The first-order chi connectivity index (χ1) is 9.79. The van der Waals surface area contributed by atoms with Crippen molar-refractivity contribution >= 4 is 11.9 Å². The smallest absolute Gasteiger partial charge is 0.326 e. The first kappa shape index (κ1) is 16.9. The summed E-state index contributed by atoms with van der Waals surface area (Å²) in [5.41, 5.74) is -1.13. The maximum absolute atomic E-state index is 13.4. The Morgan fingerprint density at radius 1 is 1.24 bits per heavy atom. The van der Waals surface area contributed by atoms with E-state index >= 15 is 0 Å². The number of carbonyl (C=O) groups excluding carboxylic acids is 1. The molecular formula is C12H11F4NO4. The topological polar surface area (TPSA) is 75.6 Å². The molecule has 0 aliphatic heterocycles. The van der Waals surface area contributed by atoms with Crippen LogP contribution < -0.4 is 5.32 Å². The average molecular weight is 309 g/mol. The lowest BCUT2D eigenvalue weighted by atomic mass is 10.1. The van der Waals surface area contributed by atoms with E-state index in [0.717, 1.165) is 0 Å². The summed E-state index contributed by atoms with van der Waals surface area (Å²) in [4.78, 5) is 22.5. The maximum Gasteiger partial charge on any atom is 0.326 e. The summed E-state index contributed by atoms with van der Waals surface area (Å²) >= 11 is 0. The highest BCUT2D eigenvalue weighted by molar-refractivity contribution is 5.96. The zero-order valence-corrected chi connectivity index (χ0v) is 10.8. The zero-order valence-electron chi connectivity index (χ0n) is 10.8.